The van der Waals surface area contributed by atoms with Gasteiger partial charge in [-0.05, 0) is 18.2 Å². The van der Waals surface area contributed by atoms with E-state index in [4.69, 9.17) is 9.47 Å². The van der Waals surface area contributed by atoms with Gasteiger partial charge in [0.1, 0.15) is 11.5 Å². The number of amides is 1. The van der Waals surface area contributed by atoms with Crippen LogP contribution in [-0.2, 0) is 11.3 Å². The van der Waals surface area contributed by atoms with Crippen molar-refractivity contribution >= 4 is 11.9 Å². The average Bonchev–Trinajstić information content (AvgIpc) is 2.74. The van der Waals surface area contributed by atoms with E-state index in [1.807, 2.05) is 32.0 Å². The highest BCUT2D eigenvalue weighted by atomic mass is 16.5. The van der Waals surface area contributed by atoms with Crippen molar-refractivity contribution < 1.29 is 14.3 Å². The molecule has 1 amide bonds. The smallest absolute Gasteiger partial charge is 0.222 e. The number of rotatable bonds is 8. The number of nitrogens with one attached hydrogen (secondary N) is 2. The number of ether oxygens (including phenoxy) is 2. The number of carbonyl (C=O) groups excluding carboxylic acids is 1. The van der Waals surface area contributed by atoms with E-state index in [-0.39, 0.29) is 11.8 Å². The van der Waals surface area contributed by atoms with Crippen molar-refractivity contribution in [1.82, 2.24) is 20.4 Å². The Morgan fingerprint density at radius 2 is 1.79 bits per heavy atom. The maximum Gasteiger partial charge on any atom is 0.222 e. The highest BCUT2D eigenvalue weighted by Gasteiger charge is 2.20. The van der Waals surface area contributed by atoms with Gasteiger partial charge < -0.3 is 25.0 Å². The Labute approximate surface area is 174 Å². The third kappa shape index (κ3) is 6.81. The SMILES string of the molecule is CN=C(NCCNC(=O)C(C)C)N1CCN(Cc2cc(OC)ccc2OC)CC1. The van der Waals surface area contributed by atoms with Gasteiger partial charge in [-0.25, -0.2) is 0 Å². The molecule has 162 valence electrons. The van der Waals surface area contributed by atoms with Crippen LogP contribution in [0, 0.1) is 5.92 Å². The summed E-state index contributed by atoms with van der Waals surface area (Å²) in [6.07, 6.45) is 0. The van der Waals surface area contributed by atoms with E-state index < -0.39 is 0 Å². The van der Waals surface area contributed by atoms with Crippen LogP contribution in [0.2, 0.25) is 0 Å². The van der Waals surface area contributed by atoms with Crippen molar-refractivity contribution in [3.63, 3.8) is 0 Å². The number of nitrogens with zero attached hydrogens (tertiary/aromatic N) is 3. The summed E-state index contributed by atoms with van der Waals surface area (Å²) >= 11 is 0. The fourth-order valence-corrected chi connectivity index (χ4v) is 3.26. The summed E-state index contributed by atoms with van der Waals surface area (Å²) < 4.78 is 10.8. The van der Waals surface area contributed by atoms with E-state index in [0.29, 0.717) is 13.1 Å². The van der Waals surface area contributed by atoms with E-state index in [1.54, 1.807) is 21.3 Å². The maximum absolute atomic E-state index is 11.6. The predicted molar refractivity (Wildman–Crippen MR) is 116 cm³/mol. The Bertz CT molecular complexity index is 685. The van der Waals surface area contributed by atoms with Crippen molar-refractivity contribution in [3.8, 4) is 11.5 Å². The summed E-state index contributed by atoms with van der Waals surface area (Å²) in [6.45, 7) is 9.51. The van der Waals surface area contributed by atoms with E-state index in [9.17, 15) is 4.79 Å². The van der Waals surface area contributed by atoms with Gasteiger partial charge in [0.05, 0.1) is 14.2 Å². The highest BCUT2D eigenvalue weighted by molar-refractivity contribution is 5.80. The molecule has 1 aromatic carbocycles. The molecule has 1 aliphatic heterocycles. The molecule has 1 heterocycles. The number of piperazine rings is 1. The van der Waals surface area contributed by atoms with Crippen LogP contribution in [-0.4, -0.2) is 82.2 Å². The molecule has 0 saturated carbocycles. The molecule has 0 atom stereocenters. The minimum atomic E-state index is 0.00518. The van der Waals surface area contributed by atoms with Crippen molar-refractivity contribution in [2.75, 3.05) is 60.5 Å². The molecular weight excluding hydrogens is 370 g/mol. The fourth-order valence-electron chi connectivity index (χ4n) is 3.26. The van der Waals surface area contributed by atoms with Gasteiger partial charge in [0, 0.05) is 64.3 Å². The molecule has 1 saturated heterocycles. The molecule has 0 bridgehead atoms. The first kappa shape index (κ1) is 22.8. The van der Waals surface area contributed by atoms with E-state index in [2.05, 4.69) is 25.4 Å². The molecule has 1 fully saturated rings. The second-order valence-electron chi connectivity index (χ2n) is 7.36. The largest absolute Gasteiger partial charge is 0.497 e. The average molecular weight is 406 g/mol. The Balaban J connectivity index is 1.81. The summed E-state index contributed by atoms with van der Waals surface area (Å²) in [4.78, 5) is 20.7. The topological polar surface area (TPSA) is 78.4 Å². The number of methoxy groups -OCH3 is 2. The molecule has 0 unspecified atom stereocenters. The van der Waals surface area contributed by atoms with Crippen molar-refractivity contribution in [3.05, 3.63) is 23.8 Å². The summed E-state index contributed by atoms with van der Waals surface area (Å²) in [5, 5.41) is 6.25. The Morgan fingerprint density at radius 1 is 1.10 bits per heavy atom. The normalized spacial score (nSPS) is 15.4. The quantitative estimate of drug-likeness (QED) is 0.384. The lowest BCUT2D eigenvalue weighted by Gasteiger charge is -2.36. The monoisotopic (exact) mass is 405 g/mol. The van der Waals surface area contributed by atoms with Gasteiger partial charge >= 0.3 is 0 Å². The first-order valence-electron chi connectivity index (χ1n) is 10.1. The van der Waals surface area contributed by atoms with Gasteiger partial charge in [0.25, 0.3) is 0 Å². The molecule has 8 heteroatoms. The lowest BCUT2D eigenvalue weighted by Crippen LogP contribution is -2.53. The van der Waals surface area contributed by atoms with Gasteiger partial charge in [0.15, 0.2) is 5.96 Å². The van der Waals surface area contributed by atoms with Crippen molar-refractivity contribution in [2.45, 2.75) is 20.4 Å². The number of guanidine groups is 1. The standard InChI is InChI=1S/C21H35N5O3/c1-16(2)20(27)23-8-9-24-21(22-3)26-12-10-25(11-13-26)15-17-14-18(28-4)6-7-19(17)29-5/h6-7,14,16H,8-13,15H2,1-5H3,(H,22,24)(H,23,27). The van der Waals surface area contributed by atoms with E-state index in [0.717, 1.165) is 55.7 Å². The Hall–Kier alpha value is -2.48. The minimum absolute atomic E-state index is 0.00518. The molecule has 0 aromatic heterocycles. The Morgan fingerprint density at radius 3 is 2.38 bits per heavy atom. The van der Waals surface area contributed by atoms with Crippen LogP contribution in [0.4, 0.5) is 0 Å². The molecule has 0 spiro atoms. The zero-order valence-electron chi connectivity index (χ0n) is 18.3. The summed E-state index contributed by atoms with van der Waals surface area (Å²) in [5.74, 6) is 2.68. The van der Waals surface area contributed by atoms with Crippen molar-refractivity contribution in [2.24, 2.45) is 10.9 Å². The highest BCUT2D eigenvalue weighted by Crippen LogP contribution is 2.25. The molecule has 8 nitrogen and oxygen atoms in total. The molecule has 1 aliphatic rings. The van der Waals surface area contributed by atoms with Crippen LogP contribution in [0.15, 0.2) is 23.2 Å². The minimum Gasteiger partial charge on any atom is -0.497 e. The number of hydrogen-bond donors (Lipinski definition) is 2. The van der Waals surface area contributed by atoms with E-state index >= 15 is 0 Å². The van der Waals surface area contributed by atoms with Gasteiger partial charge in [-0.2, -0.15) is 0 Å². The van der Waals surface area contributed by atoms with Gasteiger partial charge in [-0.1, -0.05) is 13.8 Å². The number of carbonyl (C=O) groups is 1. The molecule has 0 radical (unpaired) electrons. The van der Waals surface area contributed by atoms with Crippen LogP contribution < -0.4 is 20.1 Å². The number of benzene rings is 1. The van der Waals surface area contributed by atoms with Crippen LogP contribution in [0.5, 0.6) is 11.5 Å². The predicted octanol–water partition coefficient (Wildman–Crippen LogP) is 1.17. The first-order valence-corrected chi connectivity index (χ1v) is 10.1. The lowest BCUT2D eigenvalue weighted by atomic mass is 10.1. The maximum atomic E-state index is 11.6. The van der Waals surface area contributed by atoms with Crippen molar-refractivity contribution in [1.29, 1.82) is 0 Å². The molecule has 2 rings (SSSR count). The number of aliphatic imine (C=N–C) groups is 1. The molecule has 0 aliphatic carbocycles. The van der Waals surface area contributed by atoms with Crippen LogP contribution in [0.3, 0.4) is 0 Å². The fraction of sp³-hybridized carbons (Fsp3) is 0.619. The third-order valence-electron chi connectivity index (χ3n) is 5.00. The van der Waals surface area contributed by atoms with Gasteiger partial charge in [0.2, 0.25) is 5.91 Å². The van der Waals surface area contributed by atoms with Gasteiger partial charge in [-0.15, -0.1) is 0 Å². The van der Waals surface area contributed by atoms with Crippen LogP contribution in [0.1, 0.15) is 19.4 Å². The van der Waals surface area contributed by atoms with Crippen LogP contribution >= 0.6 is 0 Å². The number of hydrogen-bond acceptors (Lipinski definition) is 5. The van der Waals surface area contributed by atoms with Crippen LogP contribution in [0.25, 0.3) is 0 Å². The van der Waals surface area contributed by atoms with E-state index in [1.165, 1.54) is 0 Å². The Kier molecular flexibility index (Phi) is 9.05. The summed E-state index contributed by atoms with van der Waals surface area (Å²) in [5.41, 5.74) is 1.13. The van der Waals surface area contributed by atoms with Gasteiger partial charge in [-0.3, -0.25) is 14.7 Å². The third-order valence-corrected chi connectivity index (χ3v) is 5.00. The zero-order valence-corrected chi connectivity index (χ0v) is 18.3. The zero-order chi connectivity index (χ0) is 21.2. The molecule has 29 heavy (non-hydrogen) atoms. The second kappa shape index (κ2) is 11.5. The lowest BCUT2D eigenvalue weighted by molar-refractivity contribution is -0.123. The second-order valence-corrected chi connectivity index (χ2v) is 7.36. The molecule has 1 aromatic rings. The molecular formula is C21H35N5O3. The summed E-state index contributed by atoms with van der Waals surface area (Å²) in [6, 6.07) is 5.91. The molecule has 2 N–H and O–H groups in total. The first-order chi connectivity index (χ1) is 14.0. The summed E-state index contributed by atoms with van der Waals surface area (Å²) in [7, 11) is 5.17.